The summed E-state index contributed by atoms with van der Waals surface area (Å²) >= 11 is 3.05. The smallest absolute Gasteiger partial charge is 0.232 e. The molecule has 0 radical (unpaired) electrons. The van der Waals surface area contributed by atoms with Crippen molar-refractivity contribution in [3.63, 3.8) is 0 Å². The number of fused-ring (bicyclic) bond motifs is 1. The van der Waals surface area contributed by atoms with Crippen molar-refractivity contribution in [3.05, 3.63) is 29.3 Å². The number of sulfone groups is 1. The third-order valence-electron chi connectivity index (χ3n) is 3.77. The summed E-state index contributed by atoms with van der Waals surface area (Å²) in [6, 6.07) is 7.92. The van der Waals surface area contributed by atoms with Crippen LogP contribution in [0, 0.1) is 0 Å². The van der Waals surface area contributed by atoms with Gasteiger partial charge in [-0.1, -0.05) is 12.1 Å². The van der Waals surface area contributed by atoms with Crippen LogP contribution < -0.4 is 0 Å². The average Bonchev–Trinajstić information content (AvgIpc) is 3.06. The number of benzene rings is 1. The highest BCUT2D eigenvalue weighted by molar-refractivity contribution is 8.02. The van der Waals surface area contributed by atoms with E-state index in [0.717, 1.165) is 15.2 Å². The number of thioether (sulfide) groups is 1. The lowest BCUT2D eigenvalue weighted by Crippen LogP contribution is -2.28. The summed E-state index contributed by atoms with van der Waals surface area (Å²) in [6.07, 6.45) is 0.655. The highest BCUT2D eigenvalue weighted by atomic mass is 32.2. The van der Waals surface area contributed by atoms with E-state index in [0.29, 0.717) is 18.7 Å². The largest absolute Gasteiger partial charge is 0.338 e. The molecule has 3 rings (SSSR count). The number of para-hydroxylation sites is 1. The number of nitrogens with zero attached hydrogens (tertiary/aromatic N) is 2. The minimum Gasteiger partial charge on any atom is -0.338 e. The van der Waals surface area contributed by atoms with Gasteiger partial charge in [0.15, 0.2) is 9.84 Å². The molecule has 1 fully saturated rings. The molecule has 5 nitrogen and oxygen atoms in total. The number of aromatic nitrogens is 1. The molecule has 0 aliphatic carbocycles. The summed E-state index contributed by atoms with van der Waals surface area (Å²) < 4.78 is 24.0. The zero-order valence-corrected chi connectivity index (χ0v) is 15.2. The molecule has 1 aliphatic rings. The van der Waals surface area contributed by atoms with Crippen LogP contribution >= 0.6 is 23.1 Å². The number of carbonyl (C=O) groups excluding carboxylic acids is 1. The maximum absolute atomic E-state index is 12.2. The van der Waals surface area contributed by atoms with Gasteiger partial charge in [0, 0.05) is 12.3 Å². The van der Waals surface area contributed by atoms with E-state index in [1.807, 2.05) is 24.3 Å². The van der Waals surface area contributed by atoms with E-state index in [4.69, 9.17) is 0 Å². The molecule has 1 amide bonds. The highest BCUT2D eigenvalue weighted by Crippen LogP contribution is 2.25. The van der Waals surface area contributed by atoms with Gasteiger partial charge in [0.25, 0.3) is 0 Å². The van der Waals surface area contributed by atoms with Crippen LogP contribution in [0.3, 0.4) is 0 Å². The lowest BCUT2D eigenvalue weighted by molar-refractivity contribution is -0.127. The van der Waals surface area contributed by atoms with Gasteiger partial charge >= 0.3 is 0 Å². The fourth-order valence-corrected chi connectivity index (χ4v) is 7.07. The zero-order valence-electron chi connectivity index (χ0n) is 12.8. The summed E-state index contributed by atoms with van der Waals surface area (Å²) in [6.45, 7) is 0.488. The predicted molar refractivity (Wildman–Crippen MR) is 95.6 cm³/mol. The van der Waals surface area contributed by atoms with Gasteiger partial charge in [0.05, 0.1) is 34.0 Å². The summed E-state index contributed by atoms with van der Waals surface area (Å²) in [5.41, 5.74) is 0.957. The summed E-state index contributed by atoms with van der Waals surface area (Å²) in [4.78, 5) is 18.4. The Hall–Kier alpha value is -1.12. The minimum atomic E-state index is -2.88. The lowest BCUT2D eigenvalue weighted by atomic mass is 10.3. The fraction of sp³-hybridized carbons (Fsp3) is 0.467. The molecule has 0 unspecified atom stereocenters. The Bertz CT molecular complexity index is 783. The van der Waals surface area contributed by atoms with Crippen molar-refractivity contribution in [2.24, 2.45) is 0 Å². The van der Waals surface area contributed by atoms with Gasteiger partial charge in [-0.2, -0.15) is 0 Å². The molecule has 1 saturated heterocycles. The SMILES string of the molecule is CN(Cc1nc2ccccc2s1)C(=O)CS[C@H]1CCS(=O)(=O)C1. The van der Waals surface area contributed by atoms with Crippen LogP contribution in [0.1, 0.15) is 11.4 Å². The van der Waals surface area contributed by atoms with E-state index in [1.165, 1.54) is 11.8 Å². The molecule has 0 spiro atoms. The molecule has 1 aromatic heterocycles. The van der Waals surface area contributed by atoms with Crippen LogP contribution in [0.5, 0.6) is 0 Å². The minimum absolute atomic E-state index is 0.0126. The Morgan fingerprint density at radius 1 is 1.43 bits per heavy atom. The standard InChI is InChI=1S/C15H18N2O3S3/c1-17(8-14-16-12-4-2-3-5-13(12)22-14)15(18)9-21-11-6-7-23(19,20)10-11/h2-5,11H,6-10H2,1H3/t11-/m0/s1. The van der Waals surface area contributed by atoms with Crippen molar-refractivity contribution < 1.29 is 13.2 Å². The molecule has 2 heterocycles. The Kier molecular flexibility index (Phi) is 4.93. The van der Waals surface area contributed by atoms with Crippen LogP contribution in [0.2, 0.25) is 0 Å². The highest BCUT2D eigenvalue weighted by Gasteiger charge is 2.28. The number of rotatable bonds is 5. The van der Waals surface area contributed by atoms with Gasteiger partial charge < -0.3 is 4.90 Å². The Labute approximate surface area is 144 Å². The summed E-state index contributed by atoms with van der Waals surface area (Å²) in [7, 11) is -1.12. The van der Waals surface area contributed by atoms with Crippen LogP contribution in [-0.2, 0) is 21.2 Å². The van der Waals surface area contributed by atoms with E-state index in [1.54, 1.807) is 23.3 Å². The maximum Gasteiger partial charge on any atom is 0.232 e. The van der Waals surface area contributed by atoms with Gasteiger partial charge in [-0.05, 0) is 18.6 Å². The quantitative estimate of drug-likeness (QED) is 0.807. The van der Waals surface area contributed by atoms with Gasteiger partial charge in [0.2, 0.25) is 5.91 Å². The van der Waals surface area contributed by atoms with Crippen molar-refractivity contribution in [3.8, 4) is 0 Å². The molecule has 2 aromatic rings. The first-order valence-corrected chi connectivity index (χ1v) is 11.0. The molecule has 0 N–H and O–H groups in total. The first-order valence-electron chi connectivity index (χ1n) is 7.33. The lowest BCUT2D eigenvalue weighted by Gasteiger charge is -2.16. The average molecular weight is 371 g/mol. The number of thiazole rings is 1. The third-order valence-corrected chi connectivity index (χ3v) is 8.06. The molecule has 1 aliphatic heterocycles. The number of amides is 1. The van der Waals surface area contributed by atoms with Crippen LogP contribution in [0.25, 0.3) is 10.2 Å². The maximum atomic E-state index is 12.2. The molecule has 124 valence electrons. The van der Waals surface area contributed by atoms with Crippen LogP contribution in [-0.4, -0.2) is 53.8 Å². The number of hydrogen-bond acceptors (Lipinski definition) is 6. The van der Waals surface area contributed by atoms with E-state index in [9.17, 15) is 13.2 Å². The predicted octanol–water partition coefficient (Wildman–Crippen LogP) is 2.17. The van der Waals surface area contributed by atoms with Crippen LogP contribution in [0.4, 0.5) is 0 Å². The number of carbonyl (C=O) groups is 1. The second-order valence-electron chi connectivity index (χ2n) is 5.66. The first kappa shape index (κ1) is 16.7. The Morgan fingerprint density at radius 3 is 2.91 bits per heavy atom. The fourth-order valence-electron chi connectivity index (χ4n) is 2.47. The van der Waals surface area contributed by atoms with Crippen molar-refractivity contribution in [2.75, 3.05) is 24.3 Å². The van der Waals surface area contributed by atoms with E-state index < -0.39 is 9.84 Å². The molecule has 23 heavy (non-hydrogen) atoms. The van der Waals surface area contributed by atoms with E-state index >= 15 is 0 Å². The normalized spacial score (nSPS) is 20.0. The van der Waals surface area contributed by atoms with Gasteiger partial charge in [-0.15, -0.1) is 23.1 Å². The van der Waals surface area contributed by atoms with Crippen molar-refractivity contribution in [2.45, 2.75) is 18.2 Å². The van der Waals surface area contributed by atoms with Crippen LogP contribution in [0.15, 0.2) is 24.3 Å². The molecular formula is C15H18N2O3S3. The molecule has 1 aromatic carbocycles. The summed E-state index contributed by atoms with van der Waals surface area (Å²) in [5, 5.41) is 0.968. The number of hydrogen-bond donors (Lipinski definition) is 0. The molecule has 8 heteroatoms. The Balaban J connectivity index is 1.53. The zero-order chi connectivity index (χ0) is 16.4. The Morgan fingerprint density at radius 2 is 2.22 bits per heavy atom. The molecule has 0 saturated carbocycles. The van der Waals surface area contributed by atoms with Crippen molar-refractivity contribution in [1.82, 2.24) is 9.88 Å². The van der Waals surface area contributed by atoms with Crippen molar-refractivity contribution >= 4 is 49.1 Å². The van der Waals surface area contributed by atoms with E-state index in [-0.39, 0.29) is 22.7 Å². The second-order valence-corrected chi connectivity index (χ2v) is 10.3. The second kappa shape index (κ2) is 6.78. The molecule has 0 bridgehead atoms. The van der Waals surface area contributed by atoms with Gasteiger partial charge in [-0.3, -0.25) is 4.79 Å². The van der Waals surface area contributed by atoms with Gasteiger partial charge in [-0.25, -0.2) is 13.4 Å². The summed E-state index contributed by atoms with van der Waals surface area (Å²) in [5.74, 6) is 0.785. The van der Waals surface area contributed by atoms with Crippen molar-refractivity contribution in [1.29, 1.82) is 0 Å². The molecular weight excluding hydrogens is 352 g/mol. The first-order chi connectivity index (χ1) is 10.9. The van der Waals surface area contributed by atoms with E-state index in [2.05, 4.69) is 4.98 Å². The van der Waals surface area contributed by atoms with Gasteiger partial charge in [0.1, 0.15) is 5.01 Å². The third kappa shape index (κ3) is 4.24. The topological polar surface area (TPSA) is 67.3 Å². The monoisotopic (exact) mass is 370 g/mol. The molecule has 1 atom stereocenters.